The van der Waals surface area contributed by atoms with Gasteiger partial charge in [-0.25, -0.2) is 4.98 Å². The van der Waals surface area contributed by atoms with Crippen molar-refractivity contribution in [2.75, 3.05) is 24.5 Å². The average Bonchev–Trinajstić information content (AvgIpc) is 3.03. The lowest BCUT2D eigenvalue weighted by Crippen LogP contribution is -2.46. The van der Waals surface area contributed by atoms with Crippen molar-refractivity contribution in [1.29, 1.82) is 0 Å². The van der Waals surface area contributed by atoms with Crippen LogP contribution in [0.5, 0.6) is 0 Å². The zero-order chi connectivity index (χ0) is 23.7. The highest BCUT2D eigenvalue weighted by molar-refractivity contribution is 8.26. The molecule has 2 saturated heterocycles. The summed E-state index contributed by atoms with van der Waals surface area (Å²) in [5.74, 6) is 0.456. The summed E-state index contributed by atoms with van der Waals surface area (Å²) in [6.07, 6.45) is 6.45. The van der Waals surface area contributed by atoms with Gasteiger partial charge in [0.05, 0.1) is 22.7 Å². The second kappa shape index (κ2) is 9.95. The molecule has 33 heavy (non-hydrogen) atoms. The zero-order valence-electron chi connectivity index (χ0n) is 19.5. The summed E-state index contributed by atoms with van der Waals surface area (Å²) in [6.45, 7) is 9.95. The van der Waals surface area contributed by atoms with Crippen LogP contribution in [-0.4, -0.2) is 56.4 Å². The molecule has 0 saturated carbocycles. The number of unbranched alkanes of at least 4 members (excludes halogenated alkanes) is 2. The third-order valence-corrected chi connectivity index (χ3v) is 7.30. The van der Waals surface area contributed by atoms with E-state index in [-0.39, 0.29) is 23.7 Å². The number of aromatic nitrogens is 2. The lowest BCUT2D eigenvalue weighted by atomic mass is 10.1. The topological polar surface area (TPSA) is 67.2 Å². The monoisotopic (exact) mass is 486 g/mol. The number of thiocarbonyl (C=S) groups is 1. The van der Waals surface area contributed by atoms with Crippen molar-refractivity contribution in [2.24, 2.45) is 0 Å². The summed E-state index contributed by atoms with van der Waals surface area (Å²) in [5.41, 5.74) is 1.75. The molecule has 0 spiro atoms. The first kappa shape index (κ1) is 23.9. The van der Waals surface area contributed by atoms with Crippen LogP contribution in [0.3, 0.4) is 0 Å². The summed E-state index contributed by atoms with van der Waals surface area (Å²) < 4.78 is 7.99. The molecule has 2 unspecified atom stereocenters. The first-order chi connectivity index (χ1) is 15.8. The summed E-state index contributed by atoms with van der Waals surface area (Å²) in [4.78, 5) is 35.9. The summed E-state index contributed by atoms with van der Waals surface area (Å²) in [7, 11) is 0. The summed E-state index contributed by atoms with van der Waals surface area (Å²) in [5, 5.41) is 0. The summed E-state index contributed by atoms with van der Waals surface area (Å²) >= 11 is 6.74. The van der Waals surface area contributed by atoms with Crippen LogP contribution in [0, 0.1) is 6.92 Å². The Hall–Kier alpha value is -2.23. The van der Waals surface area contributed by atoms with Gasteiger partial charge in [-0.3, -0.25) is 18.9 Å². The van der Waals surface area contributed by atoms with Crippen LogP contribution in [0.25, 0.3) is 11.7 Å². The van der Waals surface area contributed by atoms with Gasteiger partial charge in [0.15, 0.2) is 0 Å². The number of thioether (sulfide) groups is 1. The molecule has 2 aromatic rings. The number of carbonyl (C=O) groups excluding carboxylic acids is 1. The Morgan fingerprint density at radius 2 is 1.97 bits per heavy atom. The van der Waals surface area contributed by atoms with Crippen molar-refractivity contribution in [3.8, 4) is 0 Å². The number of aryl methyl sites for hydroxylation is 1. The minimum absolute atomic E-state index is 0.00972. The third kappa shape index (κ3) is 4.85. The van der Waals surface area contributed by atoms with Gasteiger partial charge in [0.2, 0.25) is 0 Å². The molecule has 2 aliphatic heterocycles. The van der Waals surface area contributed by atoms with Crippen LogP contribution in [-0.2, 0) is 9.53 Å². The van der Waals surface area contributed by atoms with Crippen molar-refractivity contribution < 1.29 is 9.53 Å². The van der Waals surface area contributed by atoms with Crippen LogP contribution in [0.1, 0.15) is 51.2 Å². The van der Waals surface area contributed by atoms with Crippen LogP contribution < -0.4 is 10.5 Å². The molecule has 0 N–H and O–H groups in total. The minimum Gasteiger partial charge on any atom is -0.372 e. The molecule has 2 aromatic heterocycles. The molecule has 1 amide bonds. The number of morpholine rings is 1. The molecule has 7 nitrogen and oxygen atoms in total. The SMILES string of the molecule is CCCCCN1C(=O)/C(=C\c2c(N3CC(C)OC(C)C3)nc3c(C)cccn3c2=O)SC1=S. The van der Waals surface area contributed by atoms with E-state index in [4.69, 9.17) is 21.9 Å². The quantitative estimate of drug-likeness (QED) is 0.347. The molecule has 0 bridgehead atoms. The van der Waals surface area contributed by atoms with E-state index in [1.54, 1.807) is 21.6 Å². The first-order valence-corrected chi connectivity index (χ1v) is 12.7. The van der Waals surface area contributed by atoms with Crippen LogP contribution in [0.4, 0.5) is 5.82 Å². The molecular formula is C24H30N4O3S2. The molecule has 2 fully saturated rings. The van der Waals surface area contributed by atoms with E-state index < -0.39 is 0 Å². The molecule has 9 heteroatoms. The molecule has 176 valence electrons. The molecule has 0 radical (unpaired) electrons. The molecular weight excluding hydrogens is 456 g/mol. The van der Waals surface area contributed by atoms with Crippen molar-refractivity contribution in [1.82, 2.24) is 14.3 Å². The number of fused-ring (bicyclic) bond motifs is 1. The molecule has 4 heterocycles. The van der Waals surface area contributed by atoms with Crippen molar-refractivity contribution in [3.05, 3.63) is 44.7 Å². The van der Waals surface area contributed by atoms with Crippen LogP contribution >= 0.6 is 24.0 Å². The van der Waals surface area contributed by atoms with Gasteiger partial charge in [-0.15, -0.1) is 0 Å². The second-order valence-corrected chi connectivity index (χ2v) is 10.4. The number of anilines is 1. The molecule has 0 aliphatic carbocycles. The lowest BCUT2D eigenvalue weighted by molar-refractivity contribution is -0.122. The number of pyridine rings is 1. The summed E-state index contributed by atoms with van der Waals surface area (Å²) in [6, 6.07) is 3.78. The van der Waals surface area contributed by atoms with E-state index in [0.29, 0.717) is 45.9 Å². The smallest absolute Gasteiger partial charge is 0.267 e. The Bertz CT molecular complexity index is 1170. The van der Waals surface area contributed by atoms with Crippen molar-refractivity contribution in [2.45, 2.75) is 59.2 Å². The van der Waals surface area contributed by atoms with Gasteiger partial charge in [0.1, 0.15) is 15.8 Å². The number of hydrogen-bond donors (Lipinski definition) is 0. The van der Waals surface area contributed by atoms with E-state index in [1.165, 1.54) is 11.8 Å². The fourth-order valence-electron chi connectivity index (χ4n) is 4.36. The van der Waals surface area contributed by atoms with Gasteiger partial charge in [-0.2, -0.15) is 0 Å². The van der Waals surface area contributed by atoms with Crippen molar-refractivity contribution in [3.63, 3.8) is 0 Å². The highest BCUT2D eigenvalue weighted by Gasteiger charge is 2.33. The van der Waals surface area contributed by atoms with Gasteiger partial charge < -0.3 is 9.64 Å². The van der Waals surface area contributed by atoms with E-state index in [9.17, 15) is 9.59 Å². The van der Waals surface area contributed by atoms with E-state index in [2.05, 4.69) is 11.8 Å². The number of hydrogen-bond acceptors (Lipinski definition) is 7. The molecule has 4 rings (SSSR count). The first-order valence-electron chi connectivity index (χ1n) is 11.5. The van der Waals surface area contributed by atoms with E-state index >= 15 is 0 Å². The van der Waals surface area contributed by atoms with Gasteiger partial charge in [-0.05, 0) is 44.9 Å². The highest BCUT2D eigenvalue weighted by Crippen LogP contribution is 2.34. The maximum Gasteiger partial charge on any atom is 0.267 e. The second-order valence-electron chi connectivity index (χ2n) is 8.74. The molecule has 0 aromatic carbocycles. The van der Waals surface area contributed by atoms with Gasteiger partial charge in [-0.1, -0.05) is 49.8 Å². The Morgan fingerprint density at radius 3 is 2.67 bits per heavy atom. The lowest BCUT2D eigenvalue weighted by Gasteiger charge is -2.36. The highest BCUT2D eigenvalue weighted by atomic mass is 32.2. The maximum absolute atomic E-state index is 13.6. The van der Waals surface area contributed by atoms with Crippen molar-refractivity contribution >= 4 is 51.7 Å². The number of carbonyl (C=O) groups is 1. The Labute approximate surface area is 203 Å². The predicted molar refractivity (Wildman–Crippen MR) is 138 cm³/mol. The van der Waals surface area contributed by atoms with Gasteiger partial charge in [0, 0.05) is 25.8 Å². The fraction of sp³-hybridized carbons (Fsp3) is 0.500. The Balaban J connectivity index is 1.81. The average molecular weight is 487 g/mol. The van der Waals surface area contributed by atoms with Gasteiger partial charge >= 0.3 is 0 Å². The standard InChI is InChI=1S/C24H30N4O3S2/c1-5-6-7-10-28-23(30)19(33-24(28)32)12-18-21(26-13-16(3)31-17(4)14-26)25-20-15(2)9-8-11-27(20)22(18)29/h8-9,11-12,16-17H,5-7,10,13-14H2,1-4H3/b19-12+. The zero-order valence-corrected chi connectivity index (χ0v) is 21.2. The largest absolute Gasteiger partial charge is 0.372 e. The predicted octanol–water partition coefficient (Wildman–Crippen LogP) is 4.01. The number of nitrogens with zero attached hydrogens (tertiary/aromatic N) is 4. The number of amides is 1. The molecule has 2 atom stereocenters. The Kier molecular flexibility index (Phi) is 7.21. The number of ether oxygens (including phenoxy) is 1. The minimum atomic E-state index is -0.193. The molecule has 2 aliphatic rings. The third-order valence-electron chi connectivity index (χ3n) is 5.92. The van der Waals surface area contributed by atoms with E-state index in [0.717, 1.165) is 24.8 Å². The van der Waals surface area contributed by atoms with Gasteiger partial charge in [0.25, 0.3) is 11.5 Å². The Morgan fingerprint density at radius 1 is 1.24 bits per heavy atom. The van der Waals surface area contributed by atoms with E-state index in [1.807, 2.05) is 32.9 Å². The maximum atomic E-state index is 13.6. The van der Waals surface area contributed by atoms with Crippen LogP contribution in [0.15, 0.2) is 28.0 Å². The fourth-order valence-corrected chi connectivity index (χ4v) is 5.65. The number of rotatable bonds is 6. The normalized spacial score (nSPS) is 22.7. The van der Waals surface area contributed by atoms with Crippen LogP contribution in [0.2, 0.25) is 0 Å².